The topological polar surface area (TPSA) is 34.1 Å². The van der Waals surface area contributed by atoms with Crippen LogP contribution in [0.1, 0.15) is 20.7 Å². The van der Waals surface area contributed by atoms with Crippen LogP contribution in [0, 0.1) is 11.6 Å². The molecule has 0 saturated carbocycles. The minimum absolute atomic E-state index is 0.325. The summed E-state index contributed by atoms with van der Waals surface area (Å²) in [5, 5.41) is 1.91. The third-order valence-electron chi connectivity index (χ3n) is 4.42. The number of benzene rings is 4. The lowest BCUT2D eigenvalue weighted by Gasteiger charge is -2.09. The van der Waals surface area contributed by atoms with E-state index in [2.05, 4.69) is 0 Å². The summed E-state index contributed by atoms with van der Waals surface area (Å²) in [7, 11) is 0. The zero-order valence-electron chi connectivity index (χ0n) is 13.5. The molecule has 0 N–H and O–H groups in total. The lowest BCUT2D eigenvalue weighted by molar-refractivity contribution is 0.0814. The first-order valence-electron chi connectivity index (χ1n) is 8.01. The Labute approximate surface area is 147 Å². The van der Waals surface area contributed by atoms with E-state index >= 15 is 0 Å². The summed E-state index contributed by atoms with van der Waals surface area (Å²) in [5.41, 5.74) is -0.666. The number of hydrogen-bond acceptors (Lipinski definition) is 2. The van der Waals surface area contributed by atoms with Crippen LogP contribution in [0.15, 0.2) is 72.8 Å². The standard InChI is InChI=1S/C22H12F2O2/c23-17-11-9-13-5-1-3-7-15(13)19(17)21(25)22(26)20-16-8-4-2-6-14(16)10-12-18(20)24/h1-12H. The Balaban J connectivity index is 1.93. The Morgan fingerprint density at radius 3 is 1.35 bits per heavy atom. The van der Waals surface area contributed by atoms with E-state index in [1.807, 2.05) is 0 Å². The Hall–Kier alpha value is -3.40. The summed E-state index contributed by atoms with van der Waals surface area (Å²) in [6, 6.07) is 18.7. The van der Waals surface area contributed by atoms with Crippen molar-refractivity contribution in [2.24, 2.45) is 0 Å². The molecule has 0 fully saturated rings. The van der Waals surface area contributed by atoms with Crippen LogP contribution in [0.25, 0.3) is 21.5 Å². The van der Waals surface area contributed by atoms with E-state index in [4.69, 9.17) is 0 Å². The summed E-state index contributed by atoms with van der Waals surface area (Å²) >= 11 is 0. The predicted molar refractivity (Wildman–Crippen MR) is 96.5 cm³/mol. The van der Waals surface area contributed by atoms with Crippen molar-refractivity contribution in [1.82, 2.24) is 0 Å². The average Bonchev–Trinajstić information content (AvgIpc) is 2.67. The first-order valence-corrected chi connectivity index (χ1v) is 8.01. The summed E-state index contributed by atoms with van der Waals surface area (Å²) in [4.78, 5) is 25.6. The lowest BCUT2D eigenvalue weighted by Crippen LogP contribution is -2.18. The van der Waals surface area contributed by atoms with Crippen LogP contribution in [0.3, 0.4) is 0 Å². The molecule has 0 bridgehead atoms. The second-order valence-electron chi connectivity index (χ2n) is 5.95. The van der Waals surface area contributed by atoms with Crippen LogP contribution in [-0.4, -0.2) is 11.6 Å². The summed E-state index contributed by atoms with van der Waals surface area (Å²) < 4.78 is 28.8. The number of carbonyl (C=O) groups excluding carboxylic acids is 2. The van der Waals surface area contributed by atoms with Gasteiger partial charge < -0.3 is 0 Å². The maximum absolute atomic E-state index is 14.4. The smallest absolute Gasteiger partial charge is 0.237 e. The van der Waals surface area contributed by atoms with Gasteiger partial charge in [0.1, 0.15) is 11.6 Å². The van der Waals surface area contributed by atoms with Crippen LogP contribution in [-0.2, 0) is 0 Å². The molecule has 0 saturated heterocycles. The third kappa shape index (κ3) is 2.47. The highest BCUT2D eigenvalue weighted by Crippen LogP contribution is 2.27. The first kappa shape index (κ1) is 16.1. The van der Waals surface area contributed by atoms with Gasteiger partial charge in [-0.15, -0.1) is 0 Å². The molecule has 4 aromatic carbocycles. The molecule has 0 heterocycles. The summed E-state index contributed by atoms with van der Waals surface area (Å²) in [6.07, 6.45) is 0. The largest absolute Gasteiger partial charge is 0.285 e. The normalized spacial score (nSPS) is 11.0. The fraction of sp³-hybridized carbons (Fsp3) is 0. The van der Waals surface area contributed by atoms with E-state index in [1.54, 1.807) is 48.5 Å². The summed E-state index contributed by atoms with van der Waals surface area (Å²) in [6.45, 7) is 0. The molecule has 4 rings (SSSR count). The molecule has 26 heavy (non-hydrogen) atoms. The molecule has 4 heteroatoms. The van der Waals surface area contributed by atoms with Gasteiger partial charge in [-0.25, -0.2) is 8.78 Å². The van der Waals surface area contributed by atoms with Crippen LogP contribution in [0.5, 0.6) is 0 Å². The fourth-order valence-corrected chi connectivity index (χ4v) is 3.18. The fourth-order valence-electron chi connectivity index (χ4n) is 3.18. The van der Waals surface area contributed by atoms with E-state index in [9.17, 15) is 18.4 Å². The monoisotopic (exact) mass is 346 g/mol. The molecule has 0 radical (unpaired) electrons. The van der Waals surface area contributed by atoms with E-state index in [0.717, 1.165) is 12.1 Å². The highest BCUT2D eigenvalue weighted by molar-refractivity contribution is 6.52. The Morgan fingerprint density at radius 1 is 0.538 bits per heavy atom. The molecule has 126 valence electrons. The molecule has 4 aromatic rings. The Bertz CT molecular complexity index is 1100. The Kier molecular flexibility index (Phi) is 3.81. The SMILES string of the molecule is O=C(C(=O)c1c(F)ccc2ccccc12)c1c(F)ccc2ccccc12. The zero-order chi connectivity index (χ0) is 18.3. The van der Waals surface area contributed by atoms with Crippen LogP contribution in [0.4, 0.5) is 8.78 Å². The molecule has 0 spiro atoms. The van der Waals surface area contributed by atoms with Crippen molar-refractivity contribution in [3.05, 3.63) is 95.6 Å². The maximum Gasteiger partial charge on any atom is 0.237 e. The molecular weight excluding hydrogens is 334 g/mol. The van der Waals surface area contributed by atoms with Crippen molar-refractivity contribution in [3.8, 4) is 0 Å². The Morgan fingerprint density at radius 2 is 0.923 bits per heavy atom. The van der Waals surface area contributed by atoms with Gasteiger partial charge in [-0.05, 0) is 33.7 Å². The first-order chi connectivity index (χ1) is 12.6. The quantitative estimate of drug-likeness (QED) is 0.371. The lowest BCUT2D eigenvalue weighted by atomic mass is 9.93. The third-order valence-corrected chi connectivity index (χ3v) is 4.42. The number of hydrogen-bond donors (Lipinski definition) is 0. The van der Waals surface area contributed by atoms with Gasteiger partial charge in [-0.1, -0.05) is 60.7 Å². The van der Waals surface area contributed by atoms with E-state index < -0.39 is 23.2 Å². The highest BCUT2D eigenvalue weighted by Gasteiger charge is 2.27. The van der Waals surface area contributed by atoms with Gasteiger partial charge in [0.15, 0.2) is 0 Å². The second-order valence-corrected chi connectivity index (χ2v) is 5.95. The minimum atomic E-state index is -1.06. The molecular formula is C22H12F2O2. The van der Waals surface area contributed by atoms with Crippen molar-refractivity contribution in [2.45, 2.75) is 0 Å². The van der Waals surface area contributed by atoms with Gasteiger partial charge in [0.2, 0.25) is 11.6 Å². The van der Waals surface area contributed by atoms with Gasteiger partial charge >= 0.3 is 0 Å². The van der Waals surface area contributed by atoms with Gasteiger partial charge in [0, 0.05) is 0 Å². The number of halogens is 2. The molecule has 2 nitrogen and oxygen atoms in total. The number of fused-ring (bicyclic) bond motifs is 2. The molecule has 0 unspecified atom stereocenters. The van der Waals surface area contributed by atoms with E-state index in [0.29, 0.717) is 21.5 Å². The average molecular weight is 346 g/mol. The van der Waals surface area contributed by atoms with Crippen LogP contribution in [0.2, 0.25) is 0 Å². The number of rotatable bonds is 3. The predicted octanol–water partition coefficient (Wildman–Crippen LogP) is 5.34. The maximum atomic E-state index is 14.4. The summed E-state index contributed by atoms with van der Waals surface area (Å²) in [5.74, 6) is -3.73. The van der Waals surface area contributed by atoms with E-state index in [-0.39, 0.29) is 11.1 Å². The molecule has 0 atom stereocenters. The number of carbonyl (C=O) groups is 2. The van der Waals surface area contributed by atoms with Gasteiger partial charge in [-0.2, -0.15) is 0 Å². The highest BCUT2D eigenvalue weighted by atomic mass is 19.1. The molecule has 0 aliphatic carbocycles. The van der Waals surface area contributed by atoms with Crippen molar-refractivity contribution in [2.75, 3.05) is 0 Å². The van der Waals surface area contributed by atoms with Gasteiger partial charge in [0.05, 0.1) is 11.1 Å². The number of ketones is 2. The van der Waals surface area contributed by atoms with Crippen molar-refractivity contribution in [1.29, 1.82) is 0 Å². The van der Waals surface area contributed by atoms with E-state index in [1.165, 1.54) is 12.1 Å². The van der Waals surface area contributed by atoms with Crippen molar-refractivity contribution in [3.63, 3.8) is 0 Å². The number of Topliss-reactive ketones (excluding diaryl/α,β-unsaturated/α-hetero) is 2. The van der Waals surface area contributed by atoms with Gasteiger partial charge in [-0.3, -0.25) is 9.59 Å². The van der Waals surface area contributed by atoms with Gasteiger partial charge in [0.25, 0.3) is 0 Å². The molecule has 0 aromatic heterocycles. The van der Waals surface area contributed by atoms with Crippen molar-refractivity contribution >= 4 is 33.1 Å². The zero-order valence-corrected chi connectivity index (χ0v) is 13.5. The van der Waals surface area contributed by atoms with Crippen LogP contribution >= 0.6 is 0 Å². The molecule has 0 amide bonds. The molecule has 0 aliphatic rings. The minimum Gasteiger partial charge on any atom is -0.285 e. The van der Waals surface area contributed by atoms with Crippen molar-refractivity contribution < 1.29 is 18.4 Å². The van der Waals surface area contributed by atoms with Crippen LogP contribution < -0.4 is 0 Å². The second kappa shape index (κ2) is 6.15. The molecule has 0 aliphatic heterocycles.